The van der Waals surface area contributed by atoms with Gasteiger partial charge in [-0.25, -0.2) is 18.6 Å². The summed E-state index contributed by atoms with van der Waals surface area (Å²) in [6.45, 7) is -0.459. The third kappa shape index (κ3) is 5.15. The summed E-state index contributed by atoms with van der Waals surface area (Å²) < 4.78 is 26.8. The highest BCUT2D eigenvalue weighted by atomic mass is 79.9. The zero-order valence-corrected chi connectivity index (χ0v) is 14.7. The maximum Gasteiger partial charge on any atom is 0.255 e. The van der Waals surface area contributed by atoms with E-state index in [0.717, 1.165) is 4.47 Å². The maximum absolute atomic E-state index is 11.9. The molecule has 0 saturated carbocycles. The number of benzene rings is 2. The van der Waals surface area contributed by atoms with Gasteiger partial charge in [0, 0.05) is 10.0 Å². The van der Waals surface area contributed by atoms with Gasteiger partial charge in [0.15, 0.2) is 0 Å². The van der Waals surface area contributed by atoms with E-state index in [2.05, 4.69) is 31.2 Å². The molecule has 2 aromatic carbocycles. The lowest BCUT2D eigenvalue weighted by molar-refractivity contribution is -0.119. The van der Waals surface area contributed by atoms with Gasteiger partial charge >= 0.3 is 0 Å². The van der Waals surface area contributed by atoms with Gasteiger partial charge in [0.1, 0.15) is 5.75 Å². The van der Waals surface area contributed by atoms with Crippen molar-refractivity contribution in [3.8, 4) is 5.75 Å². The minimum absolute atomic E-state index is 0.000907. The molecule has 0 aliphatic heterocycles. The van der Waals surface area contributed by atoms with Crippen molar-refractivity contribution >= 4 is 38.1 Å². The highest BCUT2D eigenvalue weighted by molar-refractivity contribution is 9.10. The van der Waals surface area contributed by atoms with E-state index < -0.39 is 22.5 Å². The molecule has 0 heterocycles. The standard InChI is InChI=1S/C15H14BrN3O4S/c16-12-6-7-14(20)11(8-12)9-17-19-15(21)10-18-24(22,23)13-4-2-1-3-5-13/h1-9,18,20H,10H2,(H,19,21). The second-order valence-corrected chi connectivity index (χ2v) is 7.32. The predicted molar refractivity (Wildman–Crippen MR) is 93.2 cm³/mol. The van der Waals surface area contributed by atoms with Gasteiger partial charge in [-0.3, -0.25) is 4.79 Å². The Morgan fingerprint density at radius 3 is 2.62 bits per heavy atom. The molecule has 0 unspecified atom stereocenters. The van der Waals surface area contributed by atoms with E-state index in [1.165, 1.54) is 24.4 Å². The van der Waals surface area contributed by atoms with Gasteiger partial charge in [0.05, 0.1) is 17.7 Å². The van der Waals surface area contributed by atoms with E-state index in [4.69, 9.17) is 0 Å². The Morgan fingerprint density at radius 1 is 1.21 bits per heavy atom. The SMILES string of the molecule is O=C(CNS(=O)(=O)c1ccccc1)NN=Cc1cc(Br)ccc1O. The molecule has 0 radical (unpaired) electrons. The number of hydrazone groups is 1. The summed E-state index contributed by atoms with van der Waals surface area (Å²) >= 11 is 3.25. The number of carbonyl (C=O) groups is 1. The summed E-state index contributed by atoms with van der Waals surface area (Å²) in [6, 6.07) is 12.5. The molecule has 0 saturated heterocycles. The van der Waals surface area contributed by atoms with Gasteiger partial charge in [-0.15, -0.1) is 0 Å². The van der Waals surface area contributed by atoms with Crippen LogP contribution in [-0.4, -0.2) is 32.2 Å². The molecule has 0 spiro atoms. The molecule has 0 atom stereocenters. The van der Waals surface area contributed by atoms with Crippen molar-refractivity contribution in [1.29, 1.82) is 0 Å². The van der Waals surface area contributed by atoms with Crippen LogP contribution in [0.15, 0.2) is 63.0 Å². The van der Waals surface area contributed by atoms with Gasteiger partial charge in [-0.05, 0) is 30.3 Å². The second kappa shape index (κ2) is 8.04. The summed E-state index contributed by atoms with van der Waals surface area (Å²) in [5.41, 5.74) is 2.58. The van der Waals surface area contributed by atoms with Crippen LogP contribution in [0.3, 0.4) is 0 Å². The van der Waals surface area contributed by atoms with Crippen LogP contribution in [0.25, 0.3) is 0 Å². The van der Waals surface area contributed by atoms with Crippen molar-refractivity contribution in [2.24, 2.45) is 5.10 Å². The quantitative estimate of drug-likeness (QED) is 0.495. The molecule has 24 heavy (non-hydrogen) atoms. The first-order valence-corrected chi connectivity index (χ1v) is 9.01. The number of phenols is 1. The van der Waals surface area contributed by atoms with Crippen molar-refractivity contribution in [3.63, 3.8) is 0 Å². The van der Waals surface area contributed by atoms with E-state index in [0.29, 0.717) is 5.56 Å². The van der Waals surface area contributed by atoms with E-state index in [-0.39, 0.29) is 10.6 Å². The normalized spacial score (nSPS) is 11.5. The van der Waals surface area contributed by atoms with Crippen LogP contribution in [0.4, 0.5) is 0 Å². The fourth-order valence-electron chi connectivity index (χ4n) is 1.69. The minimum Gasteiger partial charge on any atom is -0.507 e. The number of carbonyl (C=O) groups excluding carboxylic acids is 1. The Balaban J connectivity index is 1.90. The Kier molecular flexibility index (Phi) is 6.07. The van der Waals surface area contributed by atoms with Crippen molar-refractivity contribution in [1.82, 2.24) is 10.1 Å². The number of sulfonamides is 1. The largest absolute Gasteiger partial charge is 0.507 e. The Labute approximate surface area is 147 Å². The smallest absolute Gasteiger partial charge is 0.255 e. The maximum atomic E-state index is 11.9. The number of hydrogen-bond donors (Lipinski definition) is 3. The minimum atomic E-state index is -3.75. The van der Waals surface area contributed by atoms with Gasteiger partial charge in [-0.1, -0.05) is 34.1 Å². The zero-order valence-electron chi connectivity index (χ0n) is 12.3. The van der Waals surface area contributed by atoms with Crippen LogP contribution >= 0.6 is 15.9 Å². The molecule has 2 aromatic rings. The molecule has 0 fully saturated rings. The highest BCUT2D eigenvalue weighted by Crippen LogP contribution is 2.19. The monoisotopic (exact) mass is 411 g/mol. The Hall–Kier alpha value is -2.23. The van der Waals surface area contributed by atoms with Crippen LogP contribution in [0.2, 0.25) is 0 Å². The molecule has 2 rings (SSSR count). The van der Waals surface area contributed by atoms with Gasteiger partial charge in [0.2, 0.25) is 10.0 Å². The molecule has 0 aliphatic carbocycles. The van der Waals surface area contributed by atoms with Crippen LogP contribution < -0.4 is 10.1 Å². The molecule has 0 aromatic heterocycles. The first-order valence-electron chi connectivity index (χ1n) is 6.73. The Bertz CT molecular complexity index is 854. The average molecular weight is 412 g/mol. The first kappa shape index (κ1) is 18.1. The van der Waals surface area contributed by atoms with Crippen LogP contribution in [0.5, 0.6) is 5.75 Å². The van der Waals surface area contributed by atoms with E-state index in [1.54, 1.807) is 30.3 Å². The number of phenolic OH excluding ortho intramolecular Hbond substituents is 1. The lowest BCUT2D eigenvalue weighted by atomic mass is 10.2. The number of halogens is 1. The summed E-state index contributed by atoms with van der Waals surface area (Å²) in [7, 11) is -3.75. The van der Waals surface area contributed by atoms with E-state index >= 15 is 0 Å². The molecule has 3 N–H and O–H groups in total. The van der Waals surface area contributed by atoms with Gasteiger partial charge in [-0.2, -0.15) is 5.10 Å². The highest BCUT2D eigenvalue weighted by Gasteiger charge is 2.14. The summed E-state index contributed by atoms with van der Waals surface area (Å²) in [5, 5.41) is 13.3. The zero-order chi connectivity index (χ0) is 17.6. The van der Waals surface area contributed by atoms with Gasteiger partial charge in [0.25, 0.3) is 5.91 Å². The van der Waals surface area contributed by atoms with E-state index in [9.17, 15) is 18.3 Å². The van der Waals surface area contributed by atoms with Crippen LogP contribution in [0, 0.1) is 0 Å². The molecule has 7 nitrogen and oxygen atoms in total. The third-order valence-corrected chi connectivity index (χ3v) is 4.77. The fourth-order valence-corrected chi connectivity index (χ4v) is 3.07. The Morgan fingerprint density at radius 2 is 1.92 bits per heavy atom. The van der Waals surface area contributed by atoms with Crippen LogP contribution in [-0.2, 0) is 14.8 Å². The number of nitrogens with one attached hydrogen (secondary N) is 2. The number of amides is 1. The van der Waals surface area contributed by atoms with Crippen molar-refractivity contribution in [2.75, 3.05) is 6.54 Å². The number of aromatic hydroxyl groups is 1. The molecule has 9 heteroatoms. The van der Waals surface area contributed by atoms with E-state index in [1.807, 2.05) is 0 Å². The van der Waals surface area contributed by atoms with Crippen molar-refractivity contribution in [3.05, 3.63) is 58.6 Å². The number of rotatable bonds is 6. The molecule has 126 valence electrons. The molecule has 0 aliphatic rings. The van der Waals surface area contributed by atoms with Crippen molar-refractivity contribution < 1.29 is 18.3 Å². The fraction of sp³-hybridized carbons (Fsp3) is 0.0667. The third-order valence-electron chi connectivity index (χ3n) is 2.86. The average Bonchev–Trinajstić information content (AvgIpc) is 2.57. The summed E-state index contributed by atoms with van der Waals surface area (Å²) in [4.78, 5) is 11.7. The lowest BCUT2D eigenvalue weighted by Crippen LogP contribution is -2.34. The lowest BCUT2D eigenvalue weighted by Gasteiger charge is -2.05. The van der Waals surface area contributed by atoms with Gasteiger partial charge < -0.3 is 5.11 Å². The molecular weight excluding hydrogens is 398 g/mol. The summed E-state index contributed by atoms with van der Waals surface area (Å²) in [5.74, 6) is -0.638. The van der Waals surface area contributed by atoms with Crippen molar-refractivity contribution in [2.45, 2.75) is 4.90 Å². The predicted octanol–water partition coefficient (Wildman–Crippen LogP) is 1.58. The van der Waals surface area contributed by atoms with Crippen LogP contribution in [0.1, 0.15) is 5.56 Å². The molecular formula is C15H14BrN3O4S. The number of hydrogen-bond acceptors (Lipinski definition) is 5. The topological polar surface area (TPSA) is 108 Å². The molecule has 0 bridgehead atoms. The molecule has 1 amide bonds. The second-order valence-electron chi connectivity index (χ2n) is 4.63. The summed E-state index contributed by atoms with van der Waals surface area (Å²) in [6.07, 6.45) is 1.25. The number of nitrogens with zero attached hydrogens (tertiary/aromatic N) is 1. The first-order chi connectivity index (χ1) is 11.4.